The number of nitrogens with zero attached hydrogens (tertiary/aromatic N) is 1. The Bertz CT molecular complexity index is 309. The summed E-state index contributed by atoms with van der Waals surface area (Å²) in [4.78, 5) is 0. The van der Waals surface area contributed by atoms with E-state index in [4.69, 9.17) is 4.42 Å². The molecule has 1 rings (SSSR count). The minimum absolute atomic E-state index is 0.316. The van der Waals surface area contributed by atoms with Gasteiger partial charge in [0.25, 0.3) is 0 Å². The maximum Gasteiger partial charge on any atom is 0.145 e. The van der Waals surface area contributed by atoms with E-state index < -0.39 is 11.0 Å². The molecule has 0 amide bonds. The van der Waals surface area contributed by atoms with Crippen molar-refractivity contribution in [2.45, 2.75) is 25.5 Å². The van der Waals surface area contributed by atoms with E-state index in [2.05, 4.69) is 4.40 Å². The summed E-state index contributed by atoms with van der Waals surface area (Å²) < 4.78 is 20.0. The van der Waals surface area contributed by atoms with E-state index in [1.165, 1.54) is 6.21 Å². The maximum atomic E-state index is 11.4. The van der Waals surface area contributed by atoms with Gasteiger partial charge in [0, 0.05) is 0 Å². The van der Waals surface area contributed by atoms with Crippen molar-refractivity contribution in [3.8, 4) is 0 Å². The highest BCUT2D eigenvalue weighted by molar-refractivity contribution is 7.85. The predicted molar refractivity (Wildman–Crippen MR) is 54.2 cm³/mol. The van der Waals surface area contributed by atoms with Crippen molar-refractivity contribution in [3.63, 3.8) is 0 Å². The molecule has 3 nitrogen and oxygen atoms in total. The Morgan fingerprint density at radius 2 is 2.23 bits per heavy atom. The first kappa shape index (κ1) is 10.2. The van der Waals surface area contributed by atoms with E-state index in [-0.39, 0.29) is 4.75 Å². The minimum atomic E-state index is -1.21. The molecule has 4 heteroatoms. The van der Waals surface area contributed by atoms with E-state index in [0.29, 0.717) is 5.76 Å². The van der Waals surface area contributed by atoms with Gasteiger partial charge in [0.2, 0.25) is 0 Å². The SMILES string of the molecule is CC(C)(C)[S@@](=O)N=Cc1ccco1. The molecule has 1 aromatic rings. The molecule has 0 saturated heterocycles. The molecule has 0 aliphatic heterocycles. The fraction of sp³-hybridized carbons (Fsp3) is 0.444. The second-order valence-electron chi connectivity index (χ2n) is 3.61. The standard InChI is InChI=1S/C9H13NO2S/c1-9(2,3)13(11)10-7-8-5-4-6-12-8/h4-7H,1-3H3/t13-/m1/s1. The van der Waals surface area contributed by atoms with Crippen LogP contribution in [0, 0.1) is 0 Å². The van der Waals surface area contributed by atoms with Gasteiger partial charge in [-0.3, -0.25) is 0 Å². The summed E-state index contributed by atoms with van der Waals surface area (Å²) >= 11 is 0. The van der Waals surface area contributed by atoms with Crippen molar-refractivity contribution in [1.82, 2.24) is 0 Å². The maximum absolute atomic E-state index is 11.4. The molecule has 0 N–H and O–H groups in total. The second kappa shape index (κ2) is 3.87. The lowest BCUT2D eigenvalue weighted by Crippen LogP contribution is -2.19. The number of rotatable bonds is 2. The molecule has 0 radical (unpaired) electrons. The molecule has 0 bridgehead atoms. The molecular weight excluding hydrogens is 186 g/mol. The van der Waals surface area contributed by atoms with E-state index in [1.54, 1.807) is 18.4 Å². The van der Waals surface area contributed by atoms with E-state index in [1.807, 2.05) is 20.8 Å². The minimum Gasteiger partial charge on any atom is -0.463 e. The summed E-state index contributed by atoms with van der Waals surface area (Å²) in [5.41, 5.74) is 0. The lowest BCUT2D eigenvalue weighted by atomic mass is 10.3. The molecule has 0 unspecified atom stereocenters. The van der Waals surface area contributed by atoms with E-state index in [9.17, 15) is 4.21 Å². The molecule has 0 aliphatic carbocycles. The molecule has 0 fully saturated rings. The molecule has 0 spiro atoms. The van der Waals surface area contributed by atoms with Gasteiger partial charge in [-0.1, -0.05) is 0 Å². The lowest BCUT2D eigenvalue weighted by molar-refractivity contribution is 0.560. The zero-order chi connectivity index (χ0) is 9.90. The average Bonchev–Trinajstić information content (AvgIpc) is 2.50. The van der Waals surface area contributed by atoms with Crippen LogP contribution in [0.5, 0.6) is 0 Å². The van der Waals surface area contributed by atoms with Crippen LogP contribution >= 0.6 is 0 Å². The molecule has 0 saturated carbocycles. The van der Waals surface area contributed by atoms with Gasteiger partial charge in [0.05, 0.1) is 17.2 Å². The van der Waals surface area contributed by atoms with Gasteiger partial charge in [-0.25, -0.2) is 4.21 Å². The Morgan fingerprint density at radius 1 is 1.54 bits per heavy atom. The summed E-state index contributed by atoms with van der Waals surface area (Å²) in [6.45, 7) is 5.63. The summed E-state index contributed by atoms with van der Waals surface area (Å²) in [7, 11) is -1.21. The fourth-order valence-corrected chi connectivity index (χ4v) is 1.14. The highest BCUT2D eigenvalue weighted by Crippen LogP contribution is 2.12. The van der Waals surface area contributed by atoms with Gasteiger partial charge < -0.3 is 4.42 Å². The summed E-state index contributed by atoms with van der Waals surface area (Å²) in [6.07, 6.45) is 3.04. The Kier molecular flexibility index (Phi) is 3.03. The Hall–Kier alpha value is -0.900. The molecule has 1 aromatic heterocycles. The van der Waals surface area contributed by atoms with Crippen molar-refractivity contribution in [2.24, 2.45) is 4.40 Å². The summed E-state index contributed by atoms with van der Waals surface area (Å²) in [5.74, 6) is 0.623. The van der Waals surface area contributed by atoms with Crippen LogP contribution in [0.1, 0.15) is 26.5 Å². The van der Waals surface area contributed by atoms with Crippen LogP contribution < -0.4 is 0 Å². The third-order valence-electron chi connectivity index (χ3n) is 1.34. The Labute approximate surface area is 80.5 Å². The summed E-state index contributed by atoms with van der Waals surface area (Å²) in [5, 5.41) is 0. The van der Waals surface area contributed by atoms with Crippen LogP contribution in [0.25, 0.3) is 0 Å². The number of hydrogen-bond acceptors (Lipinski definition) is 2. The predicted octanol–water partition coefficient (Wildman–Crippen LogP) is 2.16. The van der Waals surface area contributed by atoms with Crippen molar-refractivity contribution >= 4 is 17.2 Å². The van der Waals surface area contributed by atoms with Crippen LogP contribution in [0.3, 0.4) is 0 Å². The largest absolute Gasteiger partial charge is 0.463 e. The monoisotopic (exact) mass is 199 g/mol. The van der Waals surface area contributed by atoms with Crippen LogP contribution in [0.4, 0.5) is 0 Å². The molecule has 0 aromatic carbocycles. The molecular formula is C9H13NO2S. The molecule has 1 atom stereocenters. The highest BCUT2D eigenvalue weighted by Gasteiger charge is 2.18. The van der Waals surface area contributed by atoms with Crippen LogP contribution in [0.15, 0.2) is 27.2 Å². The number of furan rings is 1. The first-order valence-corrected chi connectivity index (χ1v) is 5.10. The molecule has 13 heavy (non-hydrogen) atoms. The normalized spacial score (nSPS) is 15.0. The van der Waals surface area contributed by atoms with Crippen molar-refractivity contribution < 1.29 is 8.63 Å². The van der Waals surface area contributed by atoms with Gasteiger partial charge in [-0.15, -0.1) is 0 Å². The Morgan fingerprint density at radius 3 is 2.69 bits per heavy atom. The van der Waals surface area contributed by atoms with Gasteiger partial charge in [0.15, 0.2) is 0 Å². The summed E-state index contributed by atoms with van der Waals surface area (Å²) in [6, 6.07) is 3.53. The first-order valence-electron chi connectivity index (χ1n) is 4.00. The van der Waals surface area contributed by atoms with Crippen molar-refractivity contribution in [1.29, 1.82) is 0 Å². The smallest absolute Gasteiger partial charge is 0.145 e. The van der Waals surface area contributed by atoms with Gasteiger partial charge in [0.1, 0.15) is 16.7 Å². The average molecular weight is 199 g/mol. The third-order valence-corrected chi connectivity index (χ3v) is 2.69. The molecule has 1 heterocycles. The zero-order valence-corrected chi connectivity index (χ0v) is 8.80. The quantitative estimate of drug-likeness (QED) is 0.685. The van der Waals surface area contributed by atoms with Crippen molar-refractivity contribution in [3.05, 3.63) is 24.2 Å². The molecule has 72 valence electrons. The zero-order valence-electron chi connectivity index (χ0n) is 7.98. The van der Waals surface area contributed by atoms with Crippen LogP contribution in [-0.2, 0) is 11.0 Å². The van der Waals surface area contributed by atoms with E-state index >= 15 is 0 Å². The number of hydrogen-bond donors (Lipinski definition) is 0. The topological polar surface area (TPSA) is 42.6 Å². The van der Waals surface area contributed by atoms with Gasteiger partial charge in [-0.2, -0.15) is 4.40 Å². The first-order chi connectivity index (χ1) is 6.00. The fourth-order valence-electron chi connectivity index (χ4n) is 0.623. The lowest BCUT2D eigenvalue weighted by Gasteiger charge is -2.12. The molecule has 0 aliphatic rings. The second-order valence-corrected chi connectivity index (χ2v) is 5.55. The Balaban J connectivity index is 2.65. The van der Waals surface area contributed by atoms with Crippen molar-refractivity contribution in [2.75, 3.05) is 0 Å². The van der Waals surface area contributed by atoms with E-state index in [0.717, 1.165) is 0 Å². The van der Waals surface area contributed by atoms with Gasteiger partial charge >= 0.3 is 0 Å². The highest BCUT2D eigenvalue weighted by atomic mass is 32.2. The third kappa shape index (κ3) is 3.14. The van der Waals surface area contributed by atoms with Gasteiger partial charge in [-0.05, 0) is 32.9 Å². The van der Waals surface area contributed by atoms with Crippen LogP contribution in [0.2, 0.25) is 0 Å². The van der Waals surface area contributed by atoms with Crippen LogP contribution in [-0.4, -0.2) is 15.2 Å².